The summed E-state index contributed by atoms with van der Waals surface area (Å²) in [6.07, 6.45) is 0. The van der Waals surface area contributed by atoms with Crippen molar-refractivity contribution in [3.8, 4) is 11.8 Å². The van der Waals surface area contributed by atoms with E-state index < -0.39 is 0 Å². The molecule has 2 aromatic rings. The van der Waals surface area contributed by atoms with Crippen LogP contribution in [0.25, 0.3) is 0 Å². The van der Waals surface area contributed by atoms with Gasteiger partial charge in [-0.3, -0.25) is 0 Å². The van der Waals surface area contributed by atoms with E-state index in [9.17, 15) is 0 Å². The first kappa shape index (κ1) is 11.8. The number of nitrogens with two attached hydrogens (primary N) is 1. The first-order chi connectivity index (χ1) is 8.15. The van der Waals surface area contributed by atoms with Gasteiger partial charge in [0.25, 0.3) is 0 Å². The van der Waals surface area contributed by atoms with Gasteiger partial charge in [0.1, 0.15) is 10.8 Å². The lowest BCUT2D eigenvalue weighted by Gasteiger charge is -1.97. The molecular formula is C13H8Cl2N2. The summed E-state index contributed by atoms with van der Waals surface area (Å²) in [7, 11) is 0. The van der Waals surface area contributed by atoms with Crippen LogP contribution in [-0.4, -0.2) is 4.98 Å². The number of aromatic nitrogens is 1. The molecule has 0 fully saturated rings. The number of nitrogen functional groups attached to an aromatic ring is 1. The SMILES string of the molecule is Nc1ccc(Cl)nc1C#Cc1cccc(Cl)c1. The Hall–Kier alpha value is -1.69. The molecule has 1 heterocycles. The zero-order chi connectivity index (χ0) is 12.3. The Bertz CT molecular complexity index is 612. The summed E-state index contributed by atoms with van der Waals surface area (Å²) in [6.45, 7) is 0. The van der Waals surface area contributed by atoms with Gasteiger partial charge >= 0.3 is 0 Å². The Morgan fingerprint density at radius 1 is 1.06 bits per heavy atom. The molecule has 0 saturated heterocycles. The Labute approximate surface area is 109 Å². The first-order valence-electron chi connectivity index (χ1n) is 4.85. The molecule has 4 heteroatoms. The molecule has 0 bridgehead atoms. The average molecular weight is 263 g/mol. The summed E-state index contributed by atoms with van der Waals surface area (Å²) in [4.78, 5) is 4.04. The number of hydrogen-bond acceptors (Lipinski definition) is 2. The molecule has 17 heavy (non-hydrogen) atoms. The summed E-state index contributed by atoms with van der Waals surface area (Å²) in [5.41, 5.74) is 7.51. The third kappa shape index (κ3) is 3.13. The second kappa shape index (κ2) is 5.09. The van der Waals surface area contributed by atoms with E-state index in [1.165, 1.54) is 0 Å². The molecule has 2 N–H and O–H groups in total. The summed E-state index contributed by atoms with van der Waals surface area (Å²) < 4.78 is 0. The van der Waals surface area contributed by atoms with Crippen molar-refractivity contribution < 1.29 is 0 Å². The van der Waals surface area contributed by atoms with Crippen molar-refractivity contribution in [2.24, 2.45) is 0 Å². The van der Waals surface area contributed by atoms with E-state index in [1.807, 2.05) is 12.1 Å². The minimum Gasteiger partial charge on any atom is -0.396 e. The van der Waals surface area contributed by atoms with Crippen LogP contribution in [0.1, 0.15) is 11.3 Å². The van der Waals surface area contributed by atoms with Crippen molar-refractivity contribution in [1.29, 1.82) is 0 Å². The van der Waals surface area contributed by atoms with E-state index >= 15 is 0 Å². The van der Waals surface area contributed by atoms with Gasteiger partial charge in [-0.25, -0.2) is 4.98 Å². The molecule has 0 amide bonds. The van der Waals surface area contributed by atoms with Gasteiger partial charge < -0.3 is 5.73 Å². The topological polar surface area (TPSA) is 38.9 Å². The third-order valence-electron chi connectivity index (χ3n) is 2.04. The fourth-order valence-corrected chi connectivity index (χ4v) is 1.58. The molecule has 1 aromatic heterocycles. The van der Waals surface area contributed by atoms with E-state index in [-0.39, 0.29) is 0 Å². The highest BCUT2D eigenvalue weighted by Gasteiger charge is 1.98. The molecule has 1 aromatic carbocycles. The standard InChI is InChI=1S/C13H8Cl2N2/c14-10-3-1-2-9(8-10)4-6-12-11(16)5-7-13(15)17-12/h1-3,5,7-8H,16H2. The van der Waals surface area contributed by atoms with E-state index in [1.54, 1.807) is 24.3 Å². The van der Waals surface area contributed by atoms with Gasteiger partial charge in [-0.05, 0) is 36.3 Å². The zero-order valence-corrected chi connectivity index (χ0v) is 10.3. The Morgan fingerprint density at radius 2 is 1.88 bits per heavy atom. The number of pyridine rings is 1. The predicted molar refractivity (Wildman–Crippen MR) is 71.1 cm³/mol. The Kier molecular flexibility index (Phi) is 3.53. The summed E-state index contributed by atoms with van der Waals surface area (Å²) in [5.74, 6) is 5.80. The average Bonchev–Trinajstić information content (AvgIpc) is 2.30. The molecule has 0 atom stereocenters. The van der Waals surface area contributed by atoms with Crippen LogP contribution < -0.4 is 5.73 Å². The highest BCUT2D eigenvalue weighted by molar-refractivity contribution is 6.30. The zero-order valence-electron chi connectivity index (χ0n) is 8.74. The molecule has 0 unspecified atom stereocenters. The predicted octanol–water partition coefficient (Wildman–Crippen LogP) is 3.37. The van der Waals surface area contributed by atoms with Gasteiger partial charge in [-0.15, -0.1) is 0 Å². The summed E-state index contributed by atoms with van der Waals surface area (Å²) in [6, 6.07) is 10.6. The molecule has 0 aliphatic rings. The molecular weight excluding hydrogens is 255 g/mol. The lowest BCUT2D eigenvalue weighted by molar-refractivity contribution is 1.29. The number of benzene rings is 1. The van der Waals surface area contributed by atoms with Gasteiger partial charge in [-0.1, -0.05) is 35.2 Å². The van der Waals surface area contributed by atoms with Crippen molar-refractivity contribution in [2.75, 3.05) is 5.73 Å². The van der Waals surface area contributed by atoms with Crippen LogP contribution in [0.5, 0.6) is 0 Å². The van der Waals surface area contributed by atoms with Crippen LogP contribution in [0, 0.1) is 11.8 Å². The van der Waals surface area contributed by atoms with Crippen LogP contribution >= 0.6 is 23.2 Å². The van der Waals surface area contributed by atoms with E-state index in [4.69, 9.17) is 28.9 Å². The van der Waals surface area contributed by atoms with Gasteiger partial charge in [0.15, 0.2) is 0 Å². The normalized spacial score (nSPS) is 9.53. The molecule has 0 saturated carbocycles. The highest BCUT2D eigenvalue weighted by atomic mass is 35.5. The van der Waals surface area contributed by atoms with E-state index in [2.05, 4.69) is 16.8 Å². The van der Waals surface area contributed by atoms with Crippen molar-refractivity contribution >= 4 is 28.9 Å². The molecule has 84 valence electrons. The van der Waals surface area contributed by atoms with Crippen LogP contribution in [0.4, 0.5) is 5.69 Å². The highest BCUT2D eigenvalue weighted by Crippen LogP contribution is 2.13. The lowest BCUT2D eigenvalue weighted by atomic mass is 10.2. The number of anilines is 1. The fourth-order valence-electron chi connectivity index (χ4n) is 1.24. The fraction of sp³-hybridized carbons (Fsp3) is 0. The summed E-state index contributed by atoms with van der Waals surface area (Å²) in [5, 5.41) is 1.01. The molecule has 2 nitrogen and oxygen atoms in total. The molecule has 2 rings (SSSR count). The van der Waals surface area contributed by atoms with Gasteiger partial charge in [0.2, 0.25) is 0 Å². The van der Waals surface area contributed by atoms with E-state index in [0.29, 0.717) is 21.6 Å². The first-order valence-corrected chi connectivity index (χ1v) is 5.60. The Morgan fingerprint density at radius 3 is 2.65 bits per heavy atom. The minimum atomic E-state index is 0.370. The van der Waals surface area contributed by atoms with Crippen molar-refractivity contribution in [1.82, 2.24) is 4.98 Å². The van der Waals surface area contributed by atoms with Gasteiger partial charge in [0.05, 0.1) is 5.69 Å². The van der Waals surface area contributed by atoms with Crippen LogP contribution in [-0.2, 0) is 0 Å². The van der Waals surface area contributed by atoms with E-state index in [0.717, 1.165) is 5.56 Å². The smallest absolute Gasteiger partial charge is 0.138 e. The van der Waals surface area contributed by atoms with Crippen LogP contribution in [0.15, 0.2) is 36.4 Å². The number of halogens is 2. The van der Waals surface area contributed by atoms with Crippen LogP contribution in [0.2, 0.25) is 10.2 Å². The minimum absolute atomic E-state index is 0.370. The molecule has 0 aliphatic heterocycles. The molecule has 0 radical (unpaired) electrons. The van der Waals surface area contributed by atoms with Crippen molar-refractivity contribution in [2.45, 2.75) is 0 Å². The monoisotopic (exact) mass is 262 g/mol. The molecule has 0 aliphatic carbocycles. The van der Waals surface area contributed by atoms with Gasteiger partial charge in [0, 0.05) is 10.6 Å². The largest absolute Gasteiger partial charge is 0.396 e. The van der Waals surface area contributed by atoms with Crippen molar-refractivity contribution in [3.63, 3.8) is 0 Å². The number of nitrogens with zero attached hydrogens (tertiary/aromatic N) is 1. The van der Waals surface area contributed by atoms with Gasteiger partial charge in [-0.2, -0.15) is 0 Å². The number of hydrogen-bond donors (Lipinski definition) is 1. The second-order valence-electron chi connectivity index (χ2n) is 3.33. The van der Waals surface area contributed by atoms with Crippen molar-refractivity contribution in [3.05, 3.63) is 57.8 Å². The lowest BCUT2D eigenvalue weighted by Crippen LogP contribution is -1.93. The second-order valence-corrected chi connectivity index (χ2v) is 4.16. The maximum atomic E-state index is 5.85. The maximum Gasteiger partial charge on any atom is 0.138 e. The maximum absolute atomic E-state index is 5.85. The van der Waals surface area contributed by atoms with Crippen LogP contribution in [0.3, 0.4) is 0 Å². The quantitative estimate of drug-likeness (QED) is 0.584. The Balaban J connectivity index is 2.36. The summed E-state index contributed by atoms with van der Waals surface area (Å²) >= 11 is 11.6. The third-order valence-corrected chi connectivity index (χ3v) is 2.49. The molecule has 0 spiro atoms. The number of rotatable bonds is 0.